The first kappa shape index (κ1) is 19.7. The summed E-state index contributed by atoms with van der Waals surface area (Å²) in [6.07, 6.45) is 13.4. The van der Waals surface area contributed by atoms with Crippen molar-refractivity contribution in [3.8, 4) is 23.5 Å². The number of hydrogen-bond donors (Lipinski definition) is 0. The molecule has 2 nitrogen and oxygen atoms in total. The quantitative estimate of drug-likeness (QED) is 0.368. The van der Waals surface area contributed by atoms with Gasteiger partial charge in [-0.1, -0.05) is 68.3 Å². The van der Waals surface area contributed by atoms with Crippen LogP contribution in [-0.2, 0) is 9.53 Å². The number of carbonyl (C=O) groups excluding carboxylic acids is 1. The van der Waals surface area contributed by atoms with Crippen molar-refractivity contribution < 1.29 is 9.53 Å². The minimum atomic E-state index is -0.111. The van der Waals surface area contributed by atoms with Crippen LogP contribution in [0.2, 0.25) is 0 Å². The average Bonchev–Trinajstić information content (AvgIpc) is 3.26. The Morgan fingerprint density at radius 3 is 2.61 bits per heavy atom. The zero-order valence-corrected chi connectivity index (χ0v) is 16.7. The van der Waals surface area contributed by atoms with Gasteiger partial charge in [0.1, 0.15) is 6.61 Å². The van der Waals surface area contributed by atoms with Gasteiger partial charge in [-0.15, -0.1) is 6.42 Å². The summed E-state index contributed by atoms with van der Waals surface area (Å²) < 4.78 is 5.46. The first-order valence-corrected chi connectivity index (χ1v) is 9.60. The van der Waals surface area contributed by atoms with Crippen LogP contribution in [-0.4, -0.2) is 12.6 Å². The van der Waals surface area contributed by atoms with E-state index < -0.39 is 0 Å². The molecule has 2 atom stereocenters. The number of esters is 1. The van der Waals surface area contributed by atoms with Gasteiger partial charge < -0.3 is 4.74 Å². The van der Waals surface area contributed by atoms with Gasteiger partial charge >= 0.3 is 5.97 Å². The predicted molar refractivity (Wildman–Crippen MR) is 115 cm³/mol. The lowest BCUT2D eigenvalue weighted by Gasteiger charge is -2.04. The van der Waals surface area contributed by atoms with Crippen molar-refractivity contribution in [3.05, 3.63) is 77.9 Å². The van der Waals surface area contributed by atoms with Gasteiger partial charge in [0.2, 0.25) is 0 Å². The maximum Gasteiger partial charge on any atom is 0.310 e. The number of allylic oxidation sites excluding steroid dienone is 2. The van der Waals surface area contributed by atoms with E-state index in [0.29, 0.717) is 0 Å². The SMILES string of the molecule is C#Cc1ccc(-c2cccc(/C=C/COC(=O)C3C(C=CC)C3(C)C)c2)cc1. The van der Waals surface area contributed by atoms with Gasteiger partial charge in [0.05, 0.1) is 5.92 Å². The van der Waals surface area contributed by atoms with E-state index in [9.17, 15) is 4.79 Å². The van der Waals surface area contributed by atoms with E-state index >= 15 is 0 Å². The van der Waals surface area contributed by atoms with Gasteiger partial charge in [-0.3, -0.25) is 4.79 Å². The zero-order valence-electron chi connectivity index (χ0n) is 16.7. The molecular weight excluding hydrogens is 344 g/mol. The van der Waals surface area contributed by atoms with Crippen LogP contribution >= 0.6 is 0 Å². The monoisotopic (exact) mass is 370 g/mol. The number of carbonyl (C=O) groups is 1. The molecule has 0 N–H and O–H groups in total. The van der Waals surface area contributed by atoms with E-state index in [4.69, 9.17) is 11.2 Å². The van der Waals surface area contributed by atoms with Crippen LogP contribution in [0.25, 0.3) is 17.2 Å². The Kier molecular flexibility index (Phi) is 5.85. The van der Waals surface area contributed by atoms with Crippen LogP contribution < -0.4 is 0 Å². The Balaban J connectivity index is 1.58. The van der Waals surface area contributed by atoms with E-state index in [2.05, 4.69) is 38.0 Å². The standard InChI is InChI=1S/C26H26O2/c1-5-9-23-24(26(23,3)4)25(27)28-17-8-11-20-10-7-12-22(18-20)21-15-13-19(6-2)14-16-21/h2,5,7-16,18,23-24H,17H2,1,3-4H3/b9-5?,11-8+. The third-order valence-corrected chi connectivity index (χ3v) is 5.47. The van der Waals surface area contributed by atoms with Crippen LogP contribution in [0, 0.1) is 29.6 Å². The molecule has 0 bridgehead atoms. The molecule has 0 aliphatic heterocycles. The van der Waals surface area contributed by atoms with Crippen LogP contribution in [0.1, 0.15) is 31.9 Å². The zero-order chi connectivity index (χ0) is 20.1. The summed E-state index contributed by atoms with van der Waals surface area (Å²) in [5.41, 5.74) is 4.17. The second kappa shape index (κ2) is 8.31. The summed E-state index contributed by atoms with van der Waals surface area (Å²) in [5, 5.41) is 0. The number of terminal acetylenes is 1. The van der Waals surface area contributed by atoms with E-state index in [0.717, 1.165) is 22.3 Å². The second-order valence-electron chi connectivity index (χ2n) is 7.73. The van der Waals surface area contributed by atoms with E-state index in [1.807, 2.05) is 61.5 Å². The summed E-state index contributed by atoms with van der Waals surface area (Å²) in [4.78, 5) is 12.3. The minimum Gasteiger partial charge on any atom is -0.461 e. The van der Waals surface area contributed by atoms with Gasteiger partial charge in [0, 0.05) is 5.56 Å². The maximum atomic E-state index is 12.3. The molecule has 142 valence electrons. The average molecular weight is 370 g/mol. The van der Waals surface area contributed by atoms with Gasteiger partial charge in [-0.05, 0) is 59.2 Å². The highest BCUT2D eigenvalue weighted by atomic mass is 16.5. The predicted octanol–water partition coefficient (Wildman–Crippen LogP) is 5.74. The Labute approximate surface area is 167 Å². The third kappa shape index (κ3) is 4.26. The maximum absolute atomic E-state index is 12.3. The molecule has 1 fully saturated rings. The van der Waals surface area contributed by atoms with E-state index in [1.165, 1.54) is 0 Å². The Bertz CT molecular complexity index is 939. The van der Waals surface area contributed by atoms with Crippen molar-refractivity contribution in [2.75, 3.05) is 6.61 Å². The molecule has 2 aromatic rings. The number of ether oxygens (including phenoxy) is 1. The largest absolute Gasteiger partial charge is 0.461 e. The lowest BCUT2D eigenvalue weighted by Crippen LogP contribution is -2.10. The van der Waals surface area contributed by atoms with Gasteiger partial charge in [-0.25, -0.2) is 0 Å². The Morgan fingerprint density at radius 2 is 1.93 bits per heavy atom. The molecule has 0 aromatic heterocycles. The summed E-state index contributed by atoms with van der Waals surface area (Å²) >= 11 is 0. The molecule has 28 heavy (non-hydrogen) atoms. The van der Waals surface area contributed by atoms with Crippen LogP contribution in [0.15, 0.2) is 66.8 Å². The highest BCUT2D eigenvalue weighted by Gasteiger charge is 2.61. The molecule has 0 radical (unpaired) electrons. The van der Waals surface area contributed by atoms with Crippen molar-refractivity contribution >= 4 is 12.0 Å². The molecule has 0 amide bonds. The van der Waals surface area contributed by atoms with Crippen LogP contribution in [0.4, 0.5) is 0 Å². The molecule has 0 spiro atoms. The first-order valence-electron chi connectivity index (χ1n) is 9.60. The molecular formula is C26H26O2. The van der Waals surface area contributed by atoms with Crippen molar-refractivity contribution in [1.82, 2.24) is 0 Å². The second-order valence-corrected chi connectivity index (χ2v) is 7.73. The number of rotatable bonds is 6. The normalized spacial score (nSPS) is 20.2. The molecule has 0 saturated heterocycles. The highest BCUT2D eigenvalue weighted by molar-refractivity contribution is 5.78. The fourth-order valence-corrected chi connectivity index (χ4v) is 3.68. The van der Waals surface area contributed by atoms with E-state index in [-0.39, 0.29) is 29.8 Å². The lowest BCUT2D eigenvalue weighted by atomic mass is 10.0. The fourth-order valence-electron chi connectivity index (χ4n) is 3.68. The lowest BCUT2D eigenvalue weighted by molar-refractivity contribution is -0.144. The number of hydrogen-bond acceptors (Lipinski definition) is 2. The Morgan fingerprint density at radius 1 is 1.18 bits per heavy atom. The van der Waals surface area contributed by atoms with Crippen molar-refractivity contribution in [2.24, 2.45) is 17.3 Å². The topological polar surface area (TPSA) is 26.3 Å². The third-order valence-electron chi connectivity index (χ3n) is 5.47. The first-order chi connectivity index (χ1) is 13.5. The summed E-state index contributed by atoms with van der Waals surface area (Å²) in [5.74, 6) is 2.77. The van der Waals surface area contributed by atoms with Gasteiger partial charge in [0.25, 0.3) is 0 Å². The molecule has 2 unspecified atom stereocenters. The Hall–Kier alpha value is -3.05. The van der Waals surface area contributed by atoms with Crippen molar-refractivity contribution in [3.63, 3.8) is 0 Å². The molecule has 2 heteroatoms. The summed E-state index contributed by atoms with van der Waals surface area (Å²) in [6.45, 7) is 6.49. The molecule has 1 aliphatic rings. The summed E-state index contributed by atoms with van der Waals surface area (Å²) in [6, 6.07) is 16.2. The minimum absolute atomic E-state index is 0.00336. The smallest absolute Gasteiger partial charge is 0.310 e. The van der Waals surface area contributed by atoms with Gasteiger partial charge in [0.15, 0.2) is 0 Å². The highest BCUT2D eigenvalue weighted by Crippen LogP contribution is 2.59. The molecule has 1 saturated carbocycles. The summed E-state index contributed by atoms with van der Waals surface area (Å²) in [7, 11) is 0. The molecule has 2 aromatic carbocycles. The molecule has 1 aliphatic carbocycles. The van der Waals surface area contributed by atoms with Crippen LogP contribution in [0.5, 0.6) is 0 Å². The van der Waals surface area contributed by atoms with E-state index in [1.54, 1.807) is 0 Å². The van der Waals surface area contributed by atoms with Crippen molar-refractivity contribution in [1.29, 1.82) is 0 Å². The molecule has 0 heterocycles. The van der Waals surface area contributed by atoms with Crippen LogP contribution in [0.3, 0.4) is 0 Å². The van der Waals surface area contributed by atoms with Crippen molar-refractivity contribution in [2.45, 2.75) is 20.8 Å². The van der Waals surface area contributed by atoms with Gasteiger partial charge in [-0.2, -0.15) is 0 Å². The fraction of sp³-hybridized carbons (Fsp3) is 0.269. The molecule has 3 rings (SSSR count). The number of benzene rings is 2.